The van der Waals surface area contributed by atoms with E-state index in [4.69, 9.17) is 4.74 Å². The lowest BCUT2D eigenvalue weighted by Crippen LogP contribution is -2.43. The van der Waals surface area contributed by atoms with Crippen molar-refractivity contribution in [2.75, 3.05) is 11.4 Å². The maximum atomic E-state index is 5.82. The molecule has 1 aromatic rings. The summed E-state index contributed by atoms with van der Waals surface area (Å²) in [6, 6.07) is 8.89. The smallest absolute Gasteiger partial charge is 0.143 e. The molecule has 0 spiro atoms. The van der Waals surface area contributed by atoms with Crippen molar-refractivity contribution in [1.29, 1.82) is 0 Å². The fourth-order valence-electron chi connectivity index (χ4n) is 2.06. The Kier molecular flexibility index (Phi) is 2.85. The molecule has 1 aliphatic heterocycles. The van der Waals surface area contributed by atoms with Crippen LogP contribution in [0.25, 0.3) is 0 Å². The van der Waals surface area contributed by atoms with Crippen LogP contribution in [0, 0.1) is 0 Å². The molecular weight excluding hydrogens is 186 g/mol. The van der Waals surface area contributed by atoms with Gasteiger partial charge < -0.3 is 9.64 Å². The summed E-state index contributed by atoms with van der Waals surface area (Å²) < 4.78 is 5.82. The van der Waals surface area contributed by atoms with Crippen LogP contribution in [0.15, 0.2) is 24.3 Å². The van der Waals surface area contributed by atoms with Crippen LogP contribution in [0.3, 0.4) is 0 Å². The molecule has 0 bridgehead atoms. The third-order valence-corrected chi connectivity index (χ3v) is 3.08. The van der Waals surface area contributed by atoms with Crippen molar-refractivity contribution >= 4 is 5.69 Å². The van der Waals surface area contributed by atoms with Crippen molar-refractivity contribution < 1.29 is 4.74 Å². The largest absolute Gasteiger partial charge is 0.487 e. The molecule has 0 N–H and O–H groups in total. The van der Waals surface area contributed by atoms with E-state index < -0.39 is 0 Å². The summed E-state index contributed by atoms with van der Waals surface area (Å²) in [4.78, 5) is 2.45. The SMILES string of the molecule is CCC(C)N1CC(C)Oc2ccccc21. The first-order valence-corrected chi connectivity index (χ1v) is 5.74. The molecule has 82 valence electrons. The Bertz CT molecular complexity index is 337. The number of nitrogens with zero attached hydrogens (tertiary/aromatic N) is 1. The first kappa shape index (κ1) is 10.3. The van der Waals surface area contributed by atoms with Gasteiger partial charge in [-0.1, -0.05) is 19.1 Å². The normalized spacial score (nSPS) is 21.8. The Hall–Kier alpha value is -1.18. The van der Waals surface area contributed by atoms with E-state index in [1.54, 1.807) is 0 Å². The first-order chi connectivity index (χ1) is 7.22. The van der Waals surface area contributed by atoms with Gasteiger partial charge in [0.2, 0.25) is 0 Å². The maximum absolute atomic E-state index is 5.82. The van der Waals surface area contributed by atoms with Crippen molar-refractivity contribution in [2.45, 2.75) is 39.3 Å². The zero-order valence-electron chi connectivity index (χ0n) is 9.73. The molecule has 0 amide bonds. The van der Waals surface area contributed by atoms with Crippen LogP contribution in [-0.2, 0) is 0 Å². The maximum Gasteiger partial charge on any atom is 0.143 e. The Morgan fingerprint density at radius 3 is 2.93 bits per heavy atom. The zero-order chi connectivity index (χ0) is 10.8. The third-order valence-electron chi connectivity index (χ3n) is 3.08. The van der Waals surface area contributed by atoms with Gasteiger partial charge in [-0.05, 0) is 32.4 Å². The van der Waals surface area contributed by atoms with Crippen LogP contribution >= 0.6 is 0 Å². The Morgan fingerprint density at radius 2 is 2.20 bits per heavy atom. The summed E-state index contributed by atoms with van der Waals surface area (Å²) >= 11 is 0. The summed E-state index contributed by atoms with van der Waals surface area (Å²) in [5, 5.41) is 0. The van der Waals surface area contributed by atoms with Crippen LogP contribution in [0.5, 0.6) is 5.75 Å². The standard InChI is InChI=1S/C13H19NO/c1-4-10(2)14-9-11(3)15-13-8-6-5-7-12(13)14/h5-8,10-11H,4,9H2,1-3H3. The summed E-state index contributed by atoms with van der Waals surface area (Å²) in [6.07, 6.45) is 1.45. The van der Waals surface area contributed by atoms with Crippen LogP contribution in [-0.4, -0.2) is 18.7 Å². The average Bonchev–Trinajstić information content (AvgIpc) is 2.26. The van der Waals surface area contributed by atoms with Crippen molar-refractivity contribution in [3.63, 3.8) is 0 Å². The van der Waals surface area contributed by atoms with E-state index in [9.17, 15) is 0 Å². The quantitative estimate of drug-likeness (QED) is 0.735. The second-order valence-electron chi connectivity index (χ2n) is 4.31. The predicted molar refractivity (Wildman–Crippen MR) is 63.6 cm³/mol. The molecule has 15 heavy (non-hydrogen) atoms. The molecular formula is C13H19NO. The van der Waals surface area contributed by atoms with Gasteiger partial charge >= 0.3 is 0 Å². The van der Waals surface area contributed by atoms with E-state index in [1.165, 1.54) is 12.1 Å². The second kappa shape index (κ2) is 4.13. The van der Waals surface area contributed by atoms with Crippen LogP contribution in [0.1, 0.15) is 27.2 Å². The van der Waals surface area contributed by atoms with Crippen LogP contribution < -0.4 is 9.64 Å². The summed E-state index contributed by atoms with van der Waals surface area (Å²) in [6.45, 7) is 7.62. The summed E-state index contributed by atoms with van der Waals surface area (Å²) in [5.41, 5.74) is 1.24. The molecule has 2 rings (SSSR count). The molecule has 0 aromatic heterocycles. The predicted octanol–water partition coefficient (Wildman–Crippen LogP) is 3.07. The van der Waals surface area contributed by atoms with E-state index in [0.717, 1.165) is 12.3 Å². The van der Waals surface area contributed by atoms with Crippen molar-refractivity contribution in [2.24, 2.45) is 0 Å². The third kappa shape index (κ3) is 1.94. The molecule has 0 radical (unpaired) electrons. The number of ether oxygens (including phenoxy) is 1. The highest BCUT2D eigenvalue weighted by atomic mass is 16.5. The number of anilines is 1. The van der Waals surface area contributed by atoms with Gasteiger partial charge in [0, 0.05) is 6.04 Å². The van der Waals surface area contributed by atoms with E-state index >= 15 is 0 Å². The topological polar surface area (TPSA) is 12.5 Å². The monoisotopic (exact) mass is 205 g/mol. The van der Waals surface area contributed by atoms with Crippen LogP contribution in [0.2, 0.25) is 0 Å². The Morgan fingerprint density at radius 1 is 1.47 bits per heavy atom. The Labute approximate surface area is 91.9 Å². The molecule has 1 aromatic carbocycles. The molecule has 2 heteroatoms. The number of hydrogen-bond acceptors (Lipinski definition) is 2. The summed E-state index contributed by atoms with van der Waals surface area (Å²) in [7, 11) is 0. The van der Waals surface area contributed by atoms with Gasteiger partial charge in [0.1, 0.15) is 11.9 Å². The van der Waals surface area contributed by atoms with Crippen molar-refractivity contribution in [3.05, 3.63) is 24.3 Å². The number of fused-ring (bicyclic) bond motifs is 1. The fraction of sp³-hybridized carbons (Fsp3) is 0.538. The van der Waals surface area contributed by atoms with E-state index in [1.807, 2.05) is 6.07 Å². The van der Waals surface area contributed by atoms with E-state index in [2.05, 4.69) is 43.9 Å². The molecule has 1 aliphatic rings. The number of rotatable bonds is 2. The molecule has 0 saturated carbocycles. The second-order valence-corrected chi connectivity index (χ2v) is 4.31. The van der Waals surface area contributed by atoms with E-state index in [-0.39, 0.29) is 6.10 Å². The van der Waals surface area contributed by atoms with Crippen molar-refractivity contribution in [1.82, 2.24) is 0 Å². The Balaban J connectivity index is 2.34. The number of para-hydroxylation sites is 2. The van der Waals surface area contributed by atoms with Gasteiger partial charge in [-0.3, -0.25) is 0 Å². The molecule has 2 atom stereocenters. The molecule has 2 unspecified atom stereocenters. The highest BCUT2D eigenvalue weighted by molar-refractivity contribution is 5.60. The molecule has 0 saturated heterocycles. The lowest BCUT2D eigenvalue weighted by molar-refractivity contribution is 0.208. The lowest BCUT2D eigenvalue weighted by atomic mass is 10.1. The fourth-order valence-corrected chi connectivity index (χ4v) is 2.06. The van der Waals surface area contributed by atoms with Gasteiger partial charge in [0.05, 0.1) is 12.2 Å². The van der Waals surface area contributed by atoms with Gasteiger partial charge in [-0.25, -0.2) is 0 Å². The summed E-state index contributed by atoms with van der Waals surface area (Å²) in [5.74, 6) is 1.02. The minimum atomic E-state index is 0.286. The van der Waals surface area contributed by atoms with Crippen molar-refractivity contribution in [3.8, 4) is 5.75 Å². The first-order valence-electron chi connectivity index (χ1n) is 5.74. The highest BCUT2D eigenvalue weighted by Crippen LogP contribution is 2.34. The van der Waals surface area contributed by atoms with Gasteiger partial charge in [0.25, 0.3) is 0 Å². The minimum Gasteiger partial charge on any atom is -0.487 e. The number of hydrogen-bond donors (Lipinski definition) is 0. The molecule has 2 nitrogen and oxygen atoms in total. The lowest BCUT2D eigenvalue weighted by Gasteiger charge is -2.38. The molecule has 0 fully saturated rings. The van der Waals surface area contributed by atoms with Gasteiger partial charge in [0.15, 0.2) is 0 Å². The zero-order valence-corrected chi connectivity index (χ0v) is 9.73. The van der Waals surface area contributed by atoms with Crippen LogP contribution in [0.4, 0.5) is 5.69 Å². The molecule has 0 aliphatic carbocycles. The van der Waals surface area contributed by atoms with E-state index in [0.29, 0.717) is 6.04 Å². The minimum absolute atomic E-state index is 0.286. The van der Waals surface area contributed by atoms with Gasteiger partial charge in [-0.15, -0.1) is 0 Å². The van der Waals surface area contributed by atoms with Gasteiger partial charge in [-0.2, -0.15) is 0 Å². The molecule has 1 heterocycles. The number of benzene rings is 1. The highest BCUT2D eigenvalue weighted by Gasteiger charge is 2.24. The average molecular weight is 205 g/mol.